The molecular formula is C5H15N3O2. The molecule has 0 bridgehead atoms. The normalized spacial score (nSPS) is 8.10. The van der Waals surface area contributed by atoms with Crippen LogP contribution in [0.25, 0.3) is 0 Å². The molecule has 0 aromatic rings. The van der Waals surface area contributed by atoms with Crippen molar-refractivity contribution in [3.63, 3.8) is 0 Å². The van der Waals surface area contributed by atoms with Crippen LogP contribution < -0.4 is 11.5 Å². The van der Waals surface area contributed by atoms with Gasteiger partial charge in [-0.05, 0) is 13.8 Å². The Morgan fingerprint density at radius 1 is 1.40 bits per heavy atom. The number of nitrogens with zero attached hydrogens (tertiary/aromatic N) is 1. The molecule has 6 N–H and O–H groups in total. The maximum atomic E-state index is 7.12. The summed E-state index contributed by atoms with van der Waals surface area (Å²) in [6, 6.07) is 0.213. The van der Waals surface area contributed by atoms with Crippen molar-refractivity contribution in [2.45, 2.75) is 19.9 Å². The van der Waals surface area contributed by atoms with E-state index in [2.05, 4.69) is 4.99 Å². The summed E-state index contributed by atoms with van der Waals surface area (Å²) in [5, 5.41) is 14.2. The molecule has 0 amide bonds. The summed E-state index contributed by atoms with van der Waals surface area (Å²) < 4.78 is 0. The van der Waals surface area contributed by atoms with Crippen molar-refractivity contribution in [2.75, 3.05) is 6.79 Å². The van der Waals surface area contributed by atoms with Gasteiger partial charge in [0.25, 0.3) is 0 Å². The van der Waals surface area contributed by atoms with E-state index in [0.29, 0.717) is 0 Å². The summed E-state index contributed by atoms with van der Waals surface area (Å²) in [6.45, 7) is 3.08. The molecule has 0 aliphatic rings. The molecule has 0 saturated heterocycles. The zero-order valence-electron chi connectivity index (χ0n) is 6.28. The van der Waals surface area contributed by atoms with Gasteiger partial charge in [-0.25, -0.2) is 0 Å². The van der Waals surface area contributed by atoms with E-state index in [0.717, 1.165) is 0 Å². The van der Waals surface area contributed by atoms with Crippen molar-refractivity contribution in [1.29, 1.82) is 0 Å². The largest absolute Gasteiger partial charge is 0.371 e. The van der Waals surface area contributed by atoms with Crippen molar-refractivity contribution >= 4 is 5.96 Å². The Hall–Kier alpha value is -0.810. The maximum Gasteiger partial charge on any atom is 0.186 e. The summed E-state index contributed by atoms with van der Waals surface area (Å²) in [5.41, 5.74) is 10.0. The number of hydrogen-bond acceptors (Lipinski definition) is 3. The molecule has 10 heavy (non-hydrogen) atoms. The lowest BCUT2D eigenvalue weighted by Gasteiger charge is -1.93. The summed E-state index contributed by atoms with van der Waals surface area (Å²) >= 11 is 0. The zero-order valence-corrected chi connectivity index (χ0v) is 6.28. The van der Waals surface area contributed by atoms with E-state index in [1.54, 1.807) is 0 Å². The molecule has 0 unspecified atom stereocenters. The molecule has 0 spiro atoms. The quantitative estimate of drug-likeness (QED) is 0.209. The topological polar surface area (TPSA) is 105 Å². The molecule has 5 nitrogen and oxygen atoms in total. The number of hydrogen-bond donors (Lipinski definition) is 4. The Bertz CT molecular complexity index is 88.9. The average Bonchev–Trinajstić information content (AvgIpc) is 1.62. The van der Waals surface area contributed by atoms with Crippen LogP contribution in [0, 0.1) is 0 Å². The number of aliphatic hydroxyl groups excluding tert-OH is 1. The lowest BCUT2D eigenvalue weighted by atomic mass is 10.4. The summed E-state index contributed by atoms with van der Waals surface area (Å²) in [6.07, 6.45) is 0. The van der Waals surface area contributed by atoms with Crippen LogP contribution in [-0.4, -0.2) is 29.0 Å². The lowest BCUT2D eigenvalue weighted by Crippen LogP contribution is -2.24. The molecular weight excluding hydrogens is 134 g/mol. The number of rotatable bonds is 1. The Morgan fingerprint density at radius 3 is 1.70 bits per heavy atom. The minimum atomic E-state index is -0.750. The zero-order chi connectivity index (χ0) is 8.57. The van der Waals surface area contributed by atoms with Crippen LogP contribution in [0.15, 0.2) is 4.99 Å². The average molecular weight is 149 g/mol. The molecule has 0 saturated carbocycles. The third-order valence-corrected chi connectivity index (χ3v) is 0.407. The van der Waals surface area contributed by atoms with E-state index in [1.807, 2.05) is 13.8 Å². The van der Waals surface area contributed by atoms with Gasteiger partial charge < -0.3 is 21.7 Å². The number of nitrogens with two attached hydrogens (primary N) is 2. The molecule has 62 valence electrons. The van der Waals surface area contributed by atoms with E-state index in [4.69, 9.17) is 21.7 Å². The van der Waals surface area contributed by atoms with Crippen molar-refractivity contribution in [2.24, 2.45) is 16.5 Å². The molecule has 0 aliphatic heterocycles. The third kappa shape index (κ3) is 27.1. The van der Waals surface area contributed by atoms with E-state index in [1.165, 1.54) is 0 Å². The fourth-order valence-corrected chi connectivity index (χ4v) is 0.298. The monoisotopic (exact) mass is 149 g/mol. The molecule has 5 heteroatoms. The summed E-state index contributed by atoms with van der Waals surface area (Å²) in [7, 11) is 0. The van der Waals surface area contributed by atoms with Crippen molar-refractivity contribution in [3.8, 4) is 0 Å². The van der Waals surface area contributed by atoms with Crippen LogP contribution >= 0.6 is 0 Å². The highest BCUT2D eigenvalue weighted by Gasteiger charge is 1.83. The Morgan fingerprint density at radius 2 is 1.70 bits per heavy atom. The van der Waals surface area contributed by atoms with E-state index >= 15 is 0 Å². The third-order valence-electron chi connectivity index (χ3n) is 0.407. The van der Waals surface area contributed by atoms with Crippen molar-refractivity contribution in [3.05, 3.63) is 0 Å². The maximum absolute atomic E-state index is 7.12. The van der Waals surface area contributed by atoms with Gasteiger partial charge >= 0.3 is 0 Å². The van der Waals surface area contributed by atoms with Gasteiger partial charge in [0, 0.05) is 6.04 Å². The highest BCUT2D eigenvalue weighted by molar-refractivity contribution is 5.75. The molecule has 0 aromatic heterocycles. The minimum Gasteiger partial charge on any atom is -0.371 e. The van der Waals surface area contributed by atoms with E-state index in [-0.39, 0.29) is 12.0 Å². The smallest absolute Gasteiger partial charge is 0.186 e. The molecule has 0 rings (SSSR count). The first-order valence-electron chi connectivity index (χ1n) is 2.85. The first-order valence-corrected chi connectivity index (χ1v) is 2.85. The van der Waals surface area contributed by atoms with Crippen LogP contribution in [-0.2, 0) is 0 Å². The van der Waals surface area contributed by atoms with Crippen LogP contribution in [0.1, 0.15) is 13.8 Å². The second-order valence-electron chi connectivity index (χ2n) is 1.79. The Balaban J connectivity index is 0. The van der Waals surface area contributed by atoms with Crippen LogP contribution in [0.5, 0.6) is 0 Å². The first kappa shape index (κ1) is 11.9. The fraction of sp³-hybridized carbons (Fsp3) is 0.800. The highest BCUT2D eigenvalue weighted by atomic mass is 16.5. The molecule has 0 heterocycles. The van der Waals surface area contributed by atoms with Crippen molar-refractivity contribution in [1.82, 2.24) is 0 Å². The number of guanidine groups is 1. The predicted octanol–water partition coefficient (Wildman–Crippen LogP) is -1.40. The first-order chi connectivity index (χ1) is 4.54. The van der Waals surface area contributed by atoms with Crippen LogP contribution in [0.4, 0.5) is 0 Å². The van der Waals surface area contributed by atoms with Gasteiger partial charge in [0.15, 0.2) is 5.96 Å². The van der Waals surface area contributed by atoms with Crippen LogP contribution in [0.3, 0.4) is 0 Å². The van der Waals surface area contributed by atoms with Gasteiger partial charge in [0.05, 0.1) is 0 Å². The predicted molar refractivity (Wildman–Crippen MR) is 40.3 cm³/mol. The lowest BCUT2D eigenvalue weighted by molar-refractivity contribution is 0.0773. The highest BCUT2D eigenvalue weighted by Crippen LogP contribution is 1.80. The van der Waals surface area contributed by atoms with E-state index in [9.17, 15) is 0 Å². The van der Waals surface area contributed by atoms with Gasteiger partial charge in [-0.1, -0.05) is 0 Å². The summed E-state index contributed by atoms with van der Waals surface area (Å²) in [4.78, 5) is 3.75. The van der Waals surface area contributed by atoms with Gasteiger partial charge in [-0.2, -0.15) is 0 Å². The molecule has 0 aliphatic carbocycles. The molecule has 0 aromatic carbocycles. The number of aliphatic hydroxyl groups is 2. The molecule has 0 radical (unpaired) electrons. The minimum absolute atomic E-state index is 0.162. The molecule has 0 fully saturated rings. The number of aliphatic imine (C=N–C) groups is 1. The second-order valence-corrected chi connectivity index (χ2v) is 1.79. The van der Waals surface area contributed by atoms with Gasteiger partial charge in [-0.15, -0.1) is 0 Å². The van der Waals surface area contributed by atoms with Gasteiger partial charge in [-0.3, -0.25) is 4.99 Å². The van der Waals surface area contributed by atoms with Gasteiger partial charge in [0.2, 0.25) is 0 Å². The van der Waals surface area contributed by atoms with E-state index < -0.39 is 6.79 Å². The van der Waals surface area contributed by atoms with Crippen LogP contribution in [0.2, 0.25) is 0 Å². The van der Waals surface area contributed by atoms with Gasteiger partial charge in [0.1, 0.15) is 6.79 Å². The fourth-order valence-electron chi connectivity index (χ4n) is 0.298. The Labute approximate surface area is 60.4 Å². The standard InChI is InChI=1S/C4H11N3.CH4O2/c1-3(2)7-4(5)6;2-1-3/h3H,1-2H3,(H4,5,6,7);2-3H,1H2. The second kappa shape index (κ2) is 8.19. The molecule has 0 atom stereocenters. The SMILES string of the molecule is CC(C)N=C(N)N.OCO. The summed E-state index contributed by atoms with van der Waals surface area (Å²) in [5.74, 6) is 0.162. The Kier molecular flexibility index (Phi) is 9.77. The van der Waals surface area contributed by atoms with Crippen molar-refractivity contribution < 1.29 is 10.2 Å².